The highest BCUT2D eigenvalue weighted by molar-refractivity contribution is 5.68. The second-order valence-corrected chi connectivity index (χ2v) is 10.1. The average molecular weight is 519 g/mol. The molecule has 4 fully saturated rings. The molecule has 204 valence electrons. The molecule has 0 aromatic heterocycles. The van der Waals surface area contributed by atoms with E-state index < -0.39 is 84.3 Å². The van der Waals surface area contributed by atoms with Crippen molar-refractivity contribution in [3.8, 4) is 0 Å². The summed E-state index contributed by atoms with van der Waals surface area (Å²) in [5.74, 6) is -4.13. The van der Waals surface area contributed by atoms with Gasteiger partial charge in [-0.3, -0.25) is 14.4 Å². The lowest BCUT2D eigenvalue weighted by Gasteiger charge is -2.52. The van der Waals surface area contributed by atoms with Gasteiger partial charge in [0.05, 0.1) is 6.61 Å². The van der Waals surface area contributed by atoms with Crippen molar-refractivity contribution < 1.29 is 61.8 Å². The van der Waals surface area contributed by atoms with E-state index in [-0.39, 0.29) is 6.61 Å². The number of rotatable bonds is 5. The van der Waals surface area contributed by atoms with E-state index in [1.54, 1.807) is 27.7 Å². The molecule has 0 N–H and O–H groups in total. The van der Waals surface area contributed by atoms with E-state index in [2.05, 4.69) is 0 Å². The summed E-state index contributed by atoms with van der Waals surface area (Å²) in [6.45, 7) is 10.5. The predicted molar refractivity (Wildman–Crippen MR) is 115 cm³/mol. The van der Waals surface area contributed by atoms with E-state index in [0.29, 0.717) is 0 Å². The molecule has 0 saturated carbocycles. The van der Waals surface area contributed by atoms with Crippen molar-refractivity contribution in [1.82, 2.24) is 0 Å². The fraction of sp³-hybridized carbons (Fsp3) is 0.870. The highest BCUT2D eigenvalue weighted by Gasteiger charge is 2.76. The van der Waals surface area contributed by atoms with Crippen LogP contribution in [-0.4, -0.2) is 98.0 Å². The molecule has 0 radical (unpaired) electrons. The molecular formula is C23H34O13. The number of methoxy groups -OCH3 is 1. The molecule has 1 spiro atoms. The monoisotopic (exact) mass is 518 g/mol. The van der Waals surface area contributed by atoms with Gasteiger partial charge in [-0.1, -0.05) is 0 Å². The highest BCUT2D eigenvalue weighted by Crippen LogP contribution is 2.53. The Morgan fingerprint density at radius 1 is 0.750 bits per heavy atom. The Kier molecular flexibility index (Phi) is 7.14. The molecule has 36 heavy (non-hydrogen) atoms. The van der Waals surface area contributed by atoms with Gasteiger partial charge in [-0.05, 0) is 27.7 Å². The molecule has 0 aromatic carbocycles. The summed E-state index contributed by atoms with van der Waals surface area (Å²) in [4.78, 5) is 36.6. The Labute approximate surface area is 208 Å². The summed E-state index contributed by atoms with van der Waals surface area (Å²) < 4.78 is 59.2. The quantitative estimate of drug-likeness (QED) is 0.369. The molecule has 0 unspecified atom stereocenters. The van der Waals surface area contributed by atoms with Crippen LogP contribution in [0.4, 0.5) is 0 Å². The zero-order chi connectivity index (χ0) is 26.6. The van der Waals surface area contributed by atoms with Crippen molar-refractivity contribution in [2.75, 3.05) is 13.7 Å². The van der Waals surface area contributed by atoms with Crippen molar-refractivity contribution in [2.45, 2.75) is 115 Å². The maximum Gasteiger partial charge on any atom is 0.303 e. The molecule has 4 aliphatic heterocycles. The van der Waals surface area contributed by atoms with Crippen LogP contribution in [0.25, 0.3) is 0 Å². The van der Waals surface area contributed by atoms with Gasteiger partial charge in [-0.2, -0.15) is 0 Å². The minimum absolute atomic E-state index is 0.113. The molecule has 0 amide bonds. The summed E-state index contributed by atoms with van der Waals surface area (Å²) in [6.07, 6.45) is -8.93. The van der Waals surface area contributed by atoms with Crippen molar-refractivity contribution >= 4 is 17.9 Å². The third-order valence-corrected chi connectivity index (χ3v) is 6.38. The largest absolute Gasteiger partial charge is 0.455 e. The lowest BCUT2D eigenvalue weighted by molar-refractivity contribution is -0.364. The van der Waals surface area contributed by atoms with Gasteiger partial charge < -0.3 is 47.4 Å². The van der Waals surface area contributed by atoms with E-state index in [0.717, 1.165) is 0 Å². The maximum absolute atomic E-state index is 12.4. The van der Waals surface area contributed by atoms with Crippen LogP contribution in [0, 0.1) is 0 Å². The molecule has 13 heteroatoms. The first-order valence-corrected chi connectivity index (χ1v) is 11.7. The first-order chi connectivity index (χ1) is 16.7. The summed E-state index contributed by atoms with van der Waals surface area (Å²) >= 11 is 0. The van der Waals surface area contributed by atoms with Gasteiger partial charge in [-0.15, -0.1) is 0 Å². The van der Waals surface area contributed by atoms with E-state index in [1.165, 1.54) is 27.9 Å². The van der Waals surface area contributed by atoms with Crippen molar-refractivity contribution in [3.63, 3.8) is 0 Å². The second-order valence-electron chi connectivity index (χ2n) is 10.1. The molecule has 9 atom stereocenters. The molecule has 4 heterocycles. The standard InChI is InChI=1S/C23H34O13/c1-10(24)29-14-15(30-11(2)25)19(27-8)36-23(17(14)31-12(3)26)16(13-9-28-21(4,5)33-13)32-20-18(23)34-22(6,7)35-20/h13-20H,9H2,1-8H3/t13-,14-,15+,16+,17+,18-,19+,20+,23-/m0/s1. The fourth-order valence-corrected chi connectivity index (χ4v) is 5.32. The van der Waals surface area contributed by atoms with Crippen LogP contribution in [0.3, 0.4) is 0 Å². The zero-order valence-corrected chi connectivity index (χ0v) is 21.6. The van der Waals surface area contributed by atoms with E-state index in [4.69, 9.17) is 47.4 Å². The molecule has 0 aliphatic carbocycles. The molecule has 4 aliphatic rings. The van der Waals surface area contributed by atoms with Crippen LogP contribution in [0.5, 0.6) is 0 Å². The Bertz CT molecular complexity index is 887. The third-order valence-electron chi connectivity index (χ3n) is 6.38. The number of hydrogen-bond acceptors (Lipinski definition) is 13. The van der Waals surface area contributed by atoms with Crippen LogP contribution < -0.4 is 0 Å². The Balaban J connectivity index is 1.87. The van der Waals surface area contributed by atoms with Gasteiger partial charge in [0.1, 0.15) is 18.3 Å². The highest BCUT2D eigenvalue weighted by atomic mass is 16.9. The lowest BCUT2D eigenvalue weighted by Crippen LogP contribution is -2.75. The van der Waals surface area contributed by atoms with E-state index >= 15 is 0 Å². The average Bonchev–Trinajstić information content (AvgIpc) is 3.34. The smallest absolute Gasteiger partial charge is 0.303 e. The molecule has 13 nitrogen and oxygen atoms in total. The van der Waals surface area contributed by atoms with Crippen LogP contribution in [0.1, 0.15) is 48.5 Å². The van der Waals surface area contributed by atoms with E-state index in [1.807, 2.05) is 0 Å². The normalized spacial score (nSPS) is 42.7. The number of carbonyl (C=O) groups excluding carboxylic acids is 3. The molecule has 0 aromatic rings. The van der Waals surface area contributed by atoms with Crippen LogP contribution in [0.15, 0.2) is 0 Å². The third kappa shape index (κ3) is 4.85. The number of fused-ring (bicyclic) bond motifs is 2. The SMILES string of the molecule is CO[C@@H]1O[C@]2([C@H](OC(C)=O)[C@@H](OC(C)=O)[C@H]1OC(C)=O)[C@@H]([C@@H]1COC(C)(C)O1)O[C@@H]1OC(C)(C)O[C@@H]12. The van der Waals surface area contributed by atoms with Gasteiger partial charge in [-0.25, -0.2) is 0 Å². The van der Waals surface area contributed by atoms with Crippen molar-refractivity contribution in [2.24, 2.45) is 0 Å². The Hall–Kier alpha value is -1.87. The predicted octanol–water partition coefficient (Wildman–Crippen LogP) is 0.551. The number of hydrogen-bond donors (Lipinski definition) is 0. The van der Waals surface area contributed by atoms with Gasteiger partial charge in [0.2, 0.25) is 0 Å². The van der Waals surface area contributed by atoms with Crippen molar-refractivity contribution in [1.29, 1.82) is 0 Å². The molecule has 0 bridgehead atoms. The van der Waals surface area contributed by atoms with Crippen LogP contribution in [-0.2, 0) is 61.8 Å². The number of esters is 3. The van der Waals surface area contributed by atoms with Gasteiger partial charge in [0.25, 0.3) is 0 Å². The Morgan fingerprint density at radius 2 is 1.36 bits per heavy atom. The maximum atomic E-state index is 12.4. The van der Waals surface area contributed by atoms with E-state index in [9.17, 15) is 14.4 Å². The molecule has 4 saturated heterocycles. The first-order valence-electron chi connectivity index (χ1n) is 11.7. The second kappa shape index (κ2) is 9.46. The number of carbonyl (C=O) groups is 3. The van der Waals surface area contributed by atoms with Crippen LogP contribution in [0.2, 0.25) is 0 Å². The van der Waals surface area contributed by atoms with Gasteiger partial charge >= 0.3 is 17.9 Å². The Morgan fingerprint density at radius 3 is 1.89 bits per heavy atom. The summed E-state index contributed by atoms with van der Waals surface area (Å²) in [5.41, 5.74) is -1.68. The van der Waals surface area contributed by atoms with Gasteiger partial charge in [0, 0.05) is 27.9 Å². The zero-order valence-electron chi connectivity index (χ0n) is 21.6. The minimum atomic E-state index is -1.68. The topological polar surface area (TPSA) is 144 Å². The lowest BCUT2D eigenvalue weighted by atomic mass is 9.77. The molecular weight excluding hydrogens is 484 g/mol. The molecule has 4 rings (SSSR count). The minimum Gasteiger partial charge on any atom is -0.455 e. The van der Waals surface area contributed by atoms with Crippen LogP contribution >= 0.6 is 0 Å². The first kappa shape index (κ1) is 27.2. The fourth-order valence-electron chi connectivity index (χ4n) is 5.32. The summed E-state index contributed by atoms with van der Waals surface area (Å²) in [7, 11) is 1.34. The number of ether oxygens (including phenoxy) is 10. The van der Waals surface area contributed by atoms with Gasteiger partial charge in [0.15, 0.2) is 48.1 Å². The summed E-state index contributed by atoms with van der Waals surface area (Å²) in [5, 5.41) is 0. The van der Waals surface area contributed by atoms with Crippen molar-refractivity contribution in [3.05, 3.63) is 0 Å². The summed E-state index contributed by atoms with van der Waals surface area (Å²) in [6, 6.07) is 0.